The molecule has 0 bridgehead atoms. The number of methoxy groups -OCH3 is 2. The highest BCUT2D eigenvalue weighted by Gasteiger charge is 2.30. The molecule has 0 unspecified atom stereocenters. The van der Waals surface area contributed by atoms with Crippen molar-refractivity contribution in [3.8, 4) is 22.6 Å². The van der Waals surface area contributed by atoms with E-state index in [0.29, 0.717) is 22.6 Å². The van der Waals surface area contributed by atoms with Crippen molar-refractivity contribution in [2.45, 2.75) is 0 Å². The lowest BCUT2D eigenvalue weighted by Crippen LogP contribution is -2.21. The number of ketones is 2. The summed E-state index contributed by atoms with van der Waals surface area (Å²) in [5.41, 5.74) is 2.49. The van der Waals surface area contributed by atoms with Crippen LogP contribution in [0.4, 0.5) is 0 Å². The SMILES string of the molecule is COc1ccc2c(ccc3cc4c(cc32)-c2ccccc2C(=O)C4=O)c1OC. The maximum absolute atomic E-state index is 12.7. The predicted molar refractivity (Wildman–Crippen MR) is 109 cm³/mol. The summed E-state index contributed by atoms with van der Waals surface area (Å²) in [6, 6.07) is 18.8. The molecule has 136 valence electrons. The van der Waals surface area contributed by atoms with Gasteiger partial charge in [0.05, 0.1) is 14.2 Å². The van der Waals surface area contributed by atoms with Gasteiger partial charge in [-0.05, 0) is 57.6 Å². The van der Waals surface area contributed by atoms with E-state index in [4.69, 9.17) is 9.47 Å². The quantitative estimate of drug-likeness (QED) is 0.367. The number of fused-ring (bicyclic) bond motifs is 6. The van der Waals surface area contributed by atoms with E-state index in [1.54, 1.807) is 26.4 Å². The average molecular weight is 368 g/mol. The van der Waals surface area contributed by atoms with Gasteiger partial charge in [0.1, 0.15) is 0 Å². The van der Waals surface area contributed by atoms with Gasteiger partial charge in [-0.1, -0.05) is 30.3 Å². The van der Waals surface area contributed by atoms with Crippen LogP contribution in [0.25, 0.3) is 32.7 Å². The third kappa shape index (κ3) is 2.12. The molecule has 0 aliphatic heterocycles. The number of carbonyl (C=O) groups excluding carboxylic acids is 2. The van der Waals surface area contributed by atoms with Crippen molar-refractivity contribution in [3.05, 3.63) is 71.8 Å². The molecule has 0 radical (unpaired) electrons. The van der Waals surface area contributed by atoms with E-state index < -0.39 is 11.6 Å². The fourth-order valence-corrected chi connectivity index (χ4v) is 4.08. The van der Waals surface area contributed by atoms with Gasteiger partial charge < -0.3 is 9.47 Å². The zero-order valence-corrected chi connectivity index (χ0v) is 15.4. The number of rotatable bonds is 2. The van der Waals surface area contributed by atoms with Gasteiger partial charge in [-0.3, -0.25) is 9.59 Å². The number of carbonyl (C=O) groups is 2. The second-order valence-electron chi connectivity index (χ2n) is 6.78. The van der Waals surface area contributed by atoms with Crippen LogP contribution in [0.1, 0.15) is 20.7 Å². The Morgan fingerprint density at radius 3 is 2.07 bits per heavy atom. The number of Topliss-reactive ketones (excluding diaryl/α,β-unsaturated/α-hetero) is 2. The fraction of sp³-hybridized carbons (Fsp3) is 0.0833. The molecule has 0 saturated carbocycles. The Kier molecular flexibility index (Phi) is 3.49. The molecular weight excluding hydrogens is 352 g/mol. The van der Waals surface area contributed by atoms with Crippen molar-refractivity contribution in [2.24, 2.45) is 0 Å². The van der Waals surface area contributed by atoms with E-state index in [-0.39, 0.29) is 0 Å². The van der Waals surface area contributed by atoms with Crippen molar-refractivity contribution in [1.82, 2.24) is 0 Å². The molecular formula is C24H16O4. The summed E-state index contributed by atoms with van der Waals surface area (Å²) in [7, 11) is 3.23. The van der Waals surface area contributed by atoms with Crippen LogP contribution in [-0.4, -0.2) is 25.8 Å². The third-order valence-corrected chi connectivity index (χ3v) is 5.41. The summed E-state index contributed by atoms with van der Waals surface area (Å²) in [6.07, 6.45) is 0. The summed E-state index contributed by atoms with van der Waals surface area (Å²) < 4.78 is 11.0. The van der Waals surface area contributed by atoms with E-state index in [9.17, 15) is 9.59 Å². The lowest BCUT2D eigenvalue weighted by molar-refractivity contribution is 0.0815. The maximum Gasteiger partial charge on any atom is 0.234 e. The second-order valence-corrected chi connectivity index (χ2v) is 6.78. The molecule has 1 aliphatic rings. The molecule has 0 N–H and O–H groups in total. The lowest BCUT2D eigenvalue weighted by atomic mass is 9.82. The summed E-state index contributed by atoms with van der Waals surface area (Å²) in [6.45, 7) is 0. The molecule has 1 aliphatic carbocycles. The van der Waals surface area contributed by atoms with E-state index in [1.807, 2.05) is 48.5 Å². The van der Waals surface area contributed by atoms with Crippen LogP contribution < -0.4 is 9.47 Å². The number of hydrogen-bond acceptors (Lipinski definition) is 4. The highest BCUT2D eigenvalue weighted by Crippen LogP contribution is 2.42. The van der Waals surface area contributed by atoms with Crippen LogP contribution in [0.5, 0.6) is 11.5 Å². The first-order chi connectivity index (χ1) is 13.6. The predicted octanol–water partition coefficient (Wildman–Crippen LogP) is 5.06. The minimum Gasteiger partial charge on any atom is -0.493 e. The van der Waals surface area contributed by atoms with Gasteiger partial charge in [-0.25, -0.2) is 0 Å². The van der Waals surface area contributed by atoms with Crippen molar-refractivity contribution in [1.29, 1.82) is 0 Å². The number of ether oxygens (including phenoxy) is 2. The largest absolute Gasteiger partial charge is 0.493 e. The van der Waals surface area contributed by atoms with Gasteiger partial charge in [0, 0.05) is 16.5 Å². The Hall–Kier alpha value is -3.66. The van der Waals surface area contributed by atoms with Gasteiger partial charge in [0.15, 0.2) is 11.5 Å². The molecule has 0 atom stereocenters. The Labute approximate surface area is 161 Å². The molecule has 4 nitrogen and oxygen atoms in total. The minimum absolute atomic E-state index is 0.449. The van der Waals surface area contributed by atoms with Crippen molar-refractivity contribution >= 4 is 33.1 Å². The molecule has 28 heavy (non-hydrogen) atoms. The average Bonchev–Trinajstić information content (AvgIpc) is 2.75. The highest BCUT2D eigenvalue weighted by atomic mass is 16.5. The zero-order chi connectivity index (χ0) is 19.4. The molecule has 0 aromatic heterocycles. The lowest BCUT2D eigenvalue weighted by Gasteiger charge is -2.19. The minimum atomic E-state index is -0.456. The van der Waals surface area contributed by atoms with Gasteiger partial charge in [0.25, 0.3) is 0 Å². The Bertz CT molecular complexity index is 1320. The van der Waals surface area contributed by atoms with Crippen molar-refractivity contribution in [3.63, 3.8) is 0 Å². The summed E-state index contributed by atoms with van der Waals surface area (Å²) in [5.74, 6) is 0.433. The van der Waals surface area contributed by atoms with Crippen LogP contribution in [-0.2, 0) is 0 Å². The summed E-state index contributed by atoms with van der Waals surface area (Å²) >= 11 is 0. The van der Waals surface area contributed by atoms with Crippen molar-refractivity contribution < 1.29 is 19.1 Å². The van der Waals surface area contributed by atoms with Gasteiger partial charge in [0.2, 0.25) is 11.6 Å². The van der Waals surface area contributed by atoms with Crippen LogP contribution in [0.15, 0.2) is 60.7 Å². The first-order valence-corrected chi connectivity index (χ1v) is 8.94. The monoisotopic (exact) mass is 368 g/mol. The normalized spacial score (nSPS) is 12.8. The molecule has 5 rings (SSSR count). The molecule has 0 spiro atoms. The van der Waals surface area contributed by atoms with Gasteiger partial charge in [-0.15, -0.1) is 0 Å². The fourth-order valence-electron chi connectivity index (χ4n) is 4.08. The topological polar surface area (TPSA) is 52.6 Å². The maximum atomic E-state index is 12.7. The van der Waals surface area contributed by atoms with Crippen LogP contribution >= 0.6 is 0 Å². The van der Waals surface area contributed by atoms with E-state index >= 15 is 0 Å². The van der Waals surface area contributed by atoms with Crippen LogP contribution in [0.2, 0.25) is 0 Å². The standard InChI is InChI=1S/C24H16O4/c1-27-21-10-9-15-17(24(21)28-2)8-7-13-11-20-19(12-18(13)15)14-5-3-4-6-16(14)22(25)23(20)26/h3-12H,1-2H3. The Balaban J connectivity index is 1.90. The molecule has 0 fully saturated rings. The second kappa shape index (κ2) is 5.92. The van der Waals surface area contributed by atoms with E-state index in [1.165, 1.54) is 0 Å². The number of benzene rings is 4. The first-order valence-electron chi connectivity index (χ1n) is 8.94. The number of hydrogen-bond donors (Lipinski definition) is 0. The van der Waals surface area contributed by atoms with Crippen LogP contribution in [0.3, 0.4) is 0 Å². The Morgan fingerprint density at radius 1 is 0.607 bits per heavy atom. The molecule has 4 aromatic rings. The third-order valence-electron chi connectivity index (χ3n) is 5.41. The molecule has 0 amide bonds. The molecule has 0 saturated heterocycles. The highest BCUT2D eigenvalue weighted by molar-refractivity contribution is 6.53. The van der Waals surface area contributed by atoms with Crippen molar-refractivity contribution in [2.75, 3.05) is 14.2 Å². The molecule has 0 heterocycles. The molecule has 4 aromatic carbocycles. The first kappa shape index (κ1) is 16.5. The summed E-state index contributed by atoms with van der Waals surface area (Å²) in [5, 5.41) is 3.83. The van der Waals surface area contributed by atoms with E-state index in [2.05, 4.69) is 0 Å². The van der Waals surface area contributed by atoms with Crippen LogP contribution in [0, 0.1) is 0 Å². The van der Waals surface area contributed by atoms with Gasteiger partial charge in [-0.2, -0.15) is 0 Å². The molecule has 4 heteroatoms. The Morgan fingerprint density at radius 2 is 1.32 bits per heavy atom. The summed E-state index contributed by atoms with van der Waals surface area (Å²) in [4.78, 5) is 25.2. The van der Waals surface area contributed by atoms with E-state index in [0.717, 1.165) is 32.7 Å². The smallest absolute Gasteiger partial charge is 0.234 e. The zero-order valence-electron chi connectivity index (χ0n) is 15.4. The van der Waals surface area contributed by atoms with Gasteiger partial charge >= 0.3 is 0 Å².